The third kappa shape index (κ3) is 7.44. The fourth-order valence-corrected chi connectivity index (χ4v) is 8.74. The monoisotopic (exact) mass is 713 g/mol. The molecule has 5 N–H and O–H groups in total. The van der Waals surface area contributed by atoms with Crippen LogP contribution >= 0.6 is 0 Å². The molecule has 4 aromatic carbocycles. The zero-order valence-electron chi connectivity index (χ0n) is 29.3. The van der Waals surface area contributed by atoms with E-state index in [2.05, 4.69) is 16.0 Å². The van der Waals surface area contributed by atoms with Gasteiger partial charge in [0.15, 0.2) is 0 Å². The number of fused-ring (bicyclic) bond motifs is 1. The van der Waals surface area contributed by atoms with Crippen molar-refractivity contribution in [1.29, 1.82) is 0 Å². The van der Waals surface area contributed by atoms with E-state index in [-0.39, 0.29) is 35.1 Å². The standard InChI is InChI=1S/C43H43N3O7/c47-39(45-29-22-27(42(50)51)21-28(23-29)43(52)53)34(20-25-12-6-3-7-13-25)46-41(49)38-36-32-18-10-8-16-30(32)35(31-17-9-11-19-33(31)36)37(38)40(48)44-24-26-14-4-1-2-5-15-26/h3,6-13,16-19,21-23,26,34-38H,1-2,4-5,14-15,20,24H2,(H,44,48)(H,45,47)(H,46,49)(H,50,51)(H,52,53)/t34-,35?,36?,37?,38?/m0/s1. The van der Waals surface area contributed by atoms with Crippen LogP contribution in [0.1, 0.15) is 98.9 Å². The topological polar surface area (TPSA) is 162 Å². The summed E-state index contributed by atoms with van der Waals surface area (Å²) in [5, 5.41) is 28.2. The lowest BCUT2D eigenvalue weighted by molar-refractivity contribution is -0.138. The first-order valence-electron chi connectivity index (χ1n) is 18.4. The molecule has 10 nitrogen and oxygen atoms in total. The van der Waals surface area contributed by atoms with Crippen LogP contribution in [0.15, 0.2) is 97.1 Å². The minimum Gasteiger partial charge on any atom is -0.478 e. The van der Waals surface area contributed by atoms with Gasteiger partial charge in [-0.2, -0.15) is 0 Å². The SMILES string of the molecule is O=C(O)c1cc(NC(=O)[C@H](Cc2ccccc2)NC(=O)C2C3c4ccccc4C(c4ccccc43)C2C(=O)NCC2CCCCCC2)cc(C(=O)O)c1. The second-order valence-corrected chi connectivity index (χ2v) is 14.5. The first-order chi connectivity index (χ1) is 25.7. The molecule has 2 unspecified atom stereocenters. The number of benzene rings is 4. The van der Waals surface area contributed by atoms with Gasteiger partial charge in [0.2, 0.25) is 17.7 Å². The Bertz CT molecular complexity index is 1960. The van der Waals surface area contributed by atoms with E-state index >= 15 is 0 Å². The predicted octanol–water partition coefficient (Wildman–Crippen LogP) is 6.36. The molecule has 1 fully saturated rings. The lowest BCUT2D eigenvalue weighted by Gasteiger charge is -2.49. The van der Waals surface area contributed by atoms with E-state index in [1.54, 1.807) is 0 Å². The highest BCUT2D eigenvalue weighted by molar-refractivity contribution is 6.02. The molecule has 53 heavy (non-hydrogen) atoms. The molecule has 0 aliphatic heterocycles. The number of nitrogens with one attached hydrogen (secondary N) is 3. The van der Waals surface area contributed by atoms with Crippen LogP contribution in [0.25, 0.3) is 0 Å². The summed E-state index contributed by atoms with van der Waals surface area (Å²) in [7, 11) is 0. The Labute approximate surface area is 308 Å². The molecule has 10 heteroatoms. The molecular weight excluding hydrogens is 670 g/mol. The average molecular weight is 714 g/mol. The number of carbonyl (C=O) groups excluding carboxylic acids is 3. The Morgan fingerprint density at radius 3 is 1.62 bits per heavy atom. The van der Waals surface area contributed by atoms with Crippen LogP contribution < -0.4 is 16.0 Å². The van der Waals surface area contributed by atoms with E-state index in [9.17, 15) is 34.2 Å². The Hall–Kier alpha value is -5.77. The third-order valence-corrected chi connectivity index (χ3v) is 11.2. The average Bonchev–Trinajstić information content (AvgIpc) is 3.45. The summed E-state index contributed by atoms with van der Waals surface area (Å²) in [4.78, 5) is 67.1. The molecular formula is C43H43N3O7. The minimum atomic E-state index is -1.35. The van der Waals surface area contributed by atoms with Crippen molar-refractivity contribution in [3.05, 3.63) is 136 Å². The predicted molar refractivity (Wildman–Crippen MR) is 199 cm³/mol. The van der Waals surface area contributed by atoms with E-state index in [0.29, 0.717) is 12.5 Å². The van der Waals surface area contributed by atoms with Crippen LogP contribution in [0.3, 0.4) is 0 Å². The summed E-state index contributed by atoms with van der Waals surface area (Å²) in [5.41, 5.74) is 4.14. The number of hydrogen-bond acceptors (Lipinski definition) is 5. The normalized spacial score (nSPS) is 20.9. The second-order valence-electron chi connectivity index (χ2n) is 14.5. The maximum absolute atomic E-state index is 14.9. The fraction of sp³-hybridized carbons (Fsp3) is 0.326. The highest BCUT2D eigenvalue weighted by Crippen LogP contribution is 2.58. The van der Waals surface area contributed by atoms with Crippen molar-refractivity contribution in [1.82, 2.24) is 10.6 Å². The molecule has 0 heterocycles. The summed E-state index contributed by atoms with van der Waals surface area (Å²) >= 11 is 0. The van der Waals surface area contributed by atoms with E-state index in [1.807, 2.05) is 78.9 Å². The highest BCUT2D eigenvalue weighted by Gasteiger charge is 2.55. The molecule has 3 amide bonds. The van der Waals surface area contributed by atoms with E-state index < -0.39 is 47.5 Å². The van der Waals surface area contributed by atoms with Gasteiger partial charge in [-0.1, -0.05) is 105 Å². The van der Waals surface area contributed by atoms with Crippen LogP contribution in [0.2, 0.25) is 0 Å². The summed E-state index contributed by atoms with van der Waals surface area (Å²) in [5.74, 6) is -5.97. The molecule has 0 spiro atoms. The summed E-state index contributed by atoms with van der Waals surface area (Å²) < 4.78 is 0. The molecule has 0 radical (unpaired) electrons. The molecule has 0 saturated heterocycles. The van der Waals surface area contributed by atoms with Crippen LogP contribution in [0.5, 0.6) is 0 Å². The Morgan fingerprint density at radius 2 is 1.11 bits per heavy atom. The van der Waals surface area contributed by atoms with Gasteiger partial charge in [-0.25, -0.2) is 9.59 Å². The Kier molecular flexibility index (Phi) is 10.4. The van der Waals surface area contributed by atoms with Gasteiger partial charge in [0.25, 0.3) is 0 Å². The lowest BCUT2D eigenvalue weighted by Crippen LogP contribution is -2.56. The van der Waals surface area contributed by atoms with Gasteiger partial charge in [0, 0.05) is 30.5 Å². The molecule has 272 valence electrons. The van der Waals surface area contributed by atoms with Gasteiger partial charge in [-0.15, -0.1) is 0 Å². The molecule has 0 aromatic heterocycles. The summed E-state index contributed by atoms with van der Waals surface area (Å²) in [6.07, 6.45) is 6.91. The van der Waals surface area contributed by atoms with Gasteiger partial charge in [-0.05, 0) is 64.8 Å². The van der Waals surface area contributed by atoms with Crippen LogP contribution in [-0.2, 0) is 20.8 Å². The van der Waals surface area contributed by atoms with Crippen molar-refractivity contribution >= 4 is 35.3 Å². The van der Waals surface area contributed by atoms with Gasteiger partial charge < -0.3 is 26.2 Å². The van der Waals surface area contributed by atoms with E-state index in [0.717, 1.165) is 59.6 Å². The smallest absolute Gasteiger partial charge is 0.335 e. The number of rotatable bonds is 11. The number of hydrogen-bond donors (Lipinski definition) is 5. The molecule has 4 aliphatic carbocycles. The molecule has 3 atom stereocenters. The van der Waals surface area contributed by atoms with Gasteiger partial charge >= 0.3 is 11.9 Å². The number of amides is 3. The number of anilines is 1. The lowest BCUT2D eigenvalue weighted by atomic mass is 9.53. The van der Waals surface area contributed by atoms with Gasteiger partial charge in [-0.3, -0.25) is 14.4 Å². The van der Waals surface area contributed by atoms with Crippen molar-refractivity contribution < 1.29 is 34.2 Å². The minimum absolute atomic E-state index is 0.0324. The molecule has 2 bridgehead atoms. The Morgan fingerprint density at radius 1 is 0.623 bits per heavy atom. The number of aromatic carboxylic acids is 2. The quantitative estimate of drug-likeness (QED) is 0.113. The molecule has 1 saturated carbocycles. The Balaban J connectivity index is 1.24. The molecule has 4 aliphatic rings. The van der Waals surface area contributed by atoms with Crippen molar-refractivity contribution in [2.45, 2.75) is 62.8 Å². The van der Waals surface area contributed by atoms with Crippen molar-refractivity contribution in [2.24, 2.45) is 17.8 Å². The van der Waals surface area contributed by atoms with Crippen LogP contribution in [-0.4, -0.2) is 52.5 Å². The van der Waals surface area contributed by atoms with Crippen molar-refractivity contribution in [2.75, 3.05) is 11.9 Å². The van der Waals surface area contributed by atoms with Crippen LogP contribution in [0.4, 0.5) is 5.69 Å². The molecule has 8 rings (SSSR count). The number of carboxylic acid groups (broad SMARTS) is 2. The summed E-state index contributed by atoms with van der Waals surface area (Å²) in [6.45, 7) is 0.553. The van der Waals surface area contributed by atoms with Crippen LogP contribution in [0, 0.1) is 17.8 Å². The van der Waals surface area contributed by atoms with Crippen molar-refractivity contribution in [3.63, 3.8) is 0 Å². The maximum atomic E-state index is 14.9. The third-order valence-electron chi connectivity index (χ3n) is 11.2. The first-order valence-corrected chi connectivity index (χ1v) is 18.4. The summed E-state index contributed by atoms with van der Waals surface area (Å²) in [6, 6.07) is 27.3. The zero-order chi connectivity index (χ0) is 37.1. The number of carbonyl (C=O) groups is 5. The number of carboxylic acids is 2. The molecule has 4 aromatic rings. The zero-order valence-corrected chi connectivity index (χ0v) is 29.3. The first kappa shape index (κ1) is 35.6. The highest BCUT2D eigenvalue weighted by atomic mass is 16.4. The fourth-order valence-electron chi connectivity index (χ4n) is 8.74. The van der Waals surface area contributed by atoms with E-state index in [1.165, 1.54) is 25.0 Å². The van der Waals surface area contributed by atoms with Gasteiger partial charge in [0.1, 0.15) is 6.04 Å². The second kappa shape index (κ2) is 15.5. The maximum Gasteiger partial charge on any atom is 0.335 e. The largest absolute Gasteiger partial charge is 0.478 e. The van der Waals surface area contributed by atoms with Gasteiger partial charge in [0.05, 0.1) is 23.0 Å². The van der Waals surface area contributed by atoms with Crippen molar-refractivity contribution in [3.8, 4) is 0 Å². The van der Waals surface area contributed by atoms with E-state index in [4.69, 9.17) is 0 Å².